The van der Waals surface area contributed by atoms with E-state index >= 15 is 0 Å². The van der Waals surface area contributed by atoms with E-state index in [0.29, 0.717) is 6.04 Å². The van der Waals surface area contributed by atoms with Crippen molar-refractivity contribution >= 4 is 5.52 Å². The molecule has 0 N–H and O–H groups in total. The zero-order chi connectivity index (χ0) is 13.8. The molecular formula is C16H24N2O. The zero-order valence-corrected chi connectivity index (χ0v) is 12.4. The number of ether oxygens (including phenoxy) is 1. The van der Waals surface area contributed by atoms with Crippen LogP contribution >= 0.6 is 0 Å². The number of rotatable bonds is 6. The predicted octanol–water partition coefficient (Wildman–Crippen LogP) is 3.22. The lowest BCUT2D eigenvalue weighted by Crippen LogP contribution is -2.32. The molecule has 3 heteroatoms. The molecule has 0 saturated heterocycles. The molecule has 0 aromatic carbocycles. The summed E-state index contributed by atoms with van der Waals surface area (Å²) in [7, 11) is 3.92. The normalized spacial score (nSPS) is 13.1. The second kappa shape index (κ2) is 6.11. The first-order valence-electron chi connectivity index (χ1n) is 7.03. The van der Waals surface area contributed by atoms with Gasteiger partial charge in [0.25, 0.3) is 0 Å². The summed E-state index contributed by atoms with van der Waals surface area (Å²) in [6.45, 7) is 5.56. The number of pyridine rings is 1. The van der Waals surface area contributed by atoms with Gasteiger partial charge in [-0.3, -0.25) is 0 Å². The Morgan fingerprint density at radius 3 is 2.63 bits per heavy atom. The molecule has 1 unspecified atom stereocenters. The fraction of sp³-hybridized carbons (Fsp3) is 0.500. The molecule has 0 aliphatic rings. The Morgan fingerprint density at radius 1 is 1.26 bits per heavy atom. The molecule has 0 bridgehead atoms. The van der Waals surface area contributed by atoms with Crippen molar-refractivity contribution < 1.29 is 4.74 Å². The van der Waals surface area contributed by atoms with Crippen molar-refractivity contribution in [1.29, 1.82) is 0 Å². The highest BCUT2D eigenvalue weighted by Crippen LogP contribution is 2.21. The van der Waals surface area contributed by atoms with Gasteiger partial charge in [-0.05, 0) is 44.1 Å². The third kappa shape index (κ3) is 2.92. The molecular weight excluding hydrogens is 236 g/mol. The number of hydrogen-bond donors (Lipinski definition) is 0. The molecule has 2 rings (SSSR count). The van der Waals surface area contributed by atoms with E-state index in [0.717, 1.165) is 18.7 Å². The molecule has 0 saturated carbocycles. The topological polar surface area (TPSA) is 16.9 Å². The largest absolute Gasteiger partial charge is 0.497 e. The quantitative estimate of drug-likeness (QED) is 0.793. The third-order valence-electron chi connectivity index (χ3n) is 4.01. The molecule has 2 aromatic rings. The summed E-state index contributed by atoms with van der Waals surface area (Å²) in [4.78, 5) is 2.42. The highest BCUT2D eigenvalue weighted by atomic mass is 16.5. The van der Waals surface area contributed by atoms with Gasteiger partial charge in [-0.2, -0.15) is 0 Å². The fourth-order valence-corrected chi connectivity index (χ4v) is 2.56. The van der Waals surface area contributed by atoms with E-state index in [-0.39, 0.29) is 0 Å². The van der Waals surface area contributed by atoms with Gasteiger partial charge in [-0.25, -0.2) is 0 Å². The third-order valence-corrected chi connectivity index (χ3v) is 4.01. The lowest BCUT2D eigenvalue weighted by atomic mass is 10.0. The van der Waals surface area contributed by atoms with Gasteiger partial charge in [-0.1, -0.05) is 13.8 Å². The van der Waals surface area contributed by atoms with Gasteiger partial charge < -0.3 is 14.0 Å². The van der Waals surface area contributed by atoms with Gasteiger partial charge in [0.2, 0.25) is 0 Å². The van der Waals surface area contributed by atoms with E-state index in [9.17, 15) is 0 Å². The van der Waals surface area contributed by atoms with Gasteiger partial charge in [0.05, 0.1) is 12.6 Å². The van der Waals surface area contributed by atoms with Crippen LogP contribution in [0.1, 0.15) is 25.8 Å². The summed E-state index contributed by atoms with van der Waals surface area (Å²) in [5.41, 5.74) is 2.65. The van der Waals surface area contributed by atoms with Crippen molar-refractivity contribution in [2.45, 2.75) is 32.7 Å². The van der Waals surface area contributed by atoms with Crippen molar-refractivity contribution in [3.05, 3.63) is 36.2 Å². The average Bonchev–Trinajstić information content (AvgIpc) is 2.85. The van der Waals surface area contributed by atoms with Crippen molar-refractivity contribution in [2.24, 2.45) is 0 Å². The summed E-state index contributed by atoms with van der Waals surface area (Å²) in [5.74, 6) is 0.921. The average molecular weight is 260 g/mol. The Bertz CT molecular complexity index is 533. The number of aromatic nitrogens is 1. The SMILES string of the molecule is CCC(Cc1ccn2ccc(OC)cc12)N(C)CC. The van der Waals surface area contributed by atoms with Crippen LogP contribution in [-0.4, -0.2) is 36.0 Å². The van der Waals surface area contributed by atoms with Crippen molar-refractivity contribution in [3.63, 3.8) is 0 Å². The van der Waals surface area contributed by atoms with Gasteiger partial charge >= 0.3 is 0 Å². The molecule has 0 spiro atoms. The Labute approximate surface area is 115 Å². The first-order valence-corrected chi connectivity index (χ1v) is 7.03. The first-order chi connectivity index (χ1) is 9.19. The summed E-state index contributed by atoms with van der Waals surface area (Å²) in [5, 5.41) is 0. The van der Waals surface area contributed by atoms with E-state index in [2.05, 4.69) is 54.7 Å². The minimum Gasteiger partial charge on any atom is -0.497 e. The monoisotopic (exact) mass is 260 g/mol. The van der Waals surface area contributed by atoms with Crippen molar-refractivity contribution in [3.8, 4) is 5.75 Å². The smallest absolute Gasteiger partial charge is 0.122 e. The maximum atomic E-state index is 5.32. The van der Waals surface area contributed by atoms with Gasteiger partial charge in [0.15, 0.2) is 0 Å². The van der Waals surface area contributed by atoms with Gasteiger partial charge in [0.1, 0.15) is 5.75 Å². The van der Waals surface area contributed by atoms with E-state index in [1.807, 2.05) is 6.07 Å². The molecule has 2 heterocycles. The van der Waals surface area contributed by atoms with E-state index < -0.39 is 0 Å². The first kappa shape index (κ1) is 13.9. The lowest BCUT2D eigenvalue weighted by molar-refractivity contribution is 0.246. The van der Waals surface area contributed by atoms with E-state index in [1.165, 1.54) is 17.5 Å². The molecule has 104 valence electrons. The van der Waals surface area contributed by atoms with Crippen LogP contribution in [0, 0.1) is 0 Å². The Hall–Kier alpha value is -1.48. The number of nitrogens with zero attached hydrogens (tertiary/aromatic N) is 2. The van der Waals surface area contributed by atoms with Crippen LogP contribution in [0.5, 0.6) is 5.75 Å². The summed E-state index contributed by atoms with van der Waals surface area (Å²) < 4.78 is 7.49. The molecule has 3 nitrogen and oxygen atoms in total. The molecule has 19 heavy (non-hydrogen) atoms. The molecule has 2 aromatic heterocycles. The van der Waals surface area contributed by atoms with Gasteiger partial charge in [0, 0.05) is 24.5 Å². The Morgan fingerprint density at radius 2 is 2.00 bits per heavy atom. The predicted molar refractivity (Wildman–Crippen MR) is 80.0 cm³/mol. The number of fused-ring (bicyclic) bond motifs is 1. The summed E-state index contributed by atoms with van der Waals surface area (Å²) in [6.07, 6.45) is 6.45. The zero-order valence-electron chi connectivity index (χ0n) is 12.4. The molecule has 0 amide bonds. The second-order valence-electron chi connectivity index (χ2n) is 5.04. The molecule has 0 aliphatic heterocycles. The maximum Gasteiger partial charge on any atom is 0.122 e. The van der Waals surface area contributed by atoms with Crippen LogP contribution < -0.4 is 4.74 Å². The van der Waals surface area contributed by atoms with E-state index in [1.54, 1.807) is 7.11 Å². The van der Waals surface area contributed by atoms with Crippen LogP contribution in [-0.2, 0) is 6.42 Å². The lowest BCUT2D eigenvalue weighted by Gasteiger charge is -2.25. The molecule has 0 radical (unpaired) electrons. The van der Waals surface area contributed by atoms with Gasteiger partial charge in [-0.15, -0.1) is 0 Å². The summed E-state index contributed by atoms with van der Waals surface area (Å²) >= 11 is 0. The Balaban J connectivity index is 2.29. The second-order valence-corrected chi connectivity index (χ2v) is 5.04. The maximum absolute atomic E-state index is 5.32. The van der Waals surface area contributed by atoms with E-state index in [4.69, 9.17) is 4.74 Å². The highest BCUT2D eigenvalue weighted by Gasteiger charge is 2.14. The molecule has 1 atom stereocenters. The number of methoxy groups -OCH3 is 1. The fourth-order valence-electron chi connectivity index (χ4n) is 2.56. The van der Waals surface area contributed by atoms with Crippen LogP contribution in [0.15, 0.2) is 30.6 Å². The minimum absolute atomic E-state index is 0.599. The number of hydrogen-bond acceptors (Lipinski definition) is 2. The standard InChI is InChI=1S/C16H24N2O/c1-5-14(17(3)6-2)11-13-7-9-18-10-8-15(19-4)12-16(13)18/h7-10,12,14H,5-6,11H2,1-4H3. The Kier molecular flexibility index (Phi) is 4.48. The molecule has 0 fully saturated rings. The highest BCUT2D eigenvalue weighted by molar-refractivity contribution is 5.59. The van der Waals surface area contributed by atoms with Crippen LogP contribution in [0.4, 0.5) is 0 Å². The number of likely N-dealkylation sites (N-methyl/N-ethyl adjacent to an activating group) is 1. The van der Waals surface area contributed by atoms with Crippen LogP contribution in [0.3, 0.4) is 0 Å². The van der Waals surface area contributed by atoms with Crippen molar-refractivity contribution in [1.82, 2.24) is 9.30 Å². The van der Waals surface area contributed by atoms with Crippen LogP contribution in [0.2, 0.25) is 0 Å². The minimum atomic E-state index is 0.599. The molecule has 0 aliphatic carbocycles. The van der Waals surface area contributed by atoms with Crippen LogP contribution in [0.25, 0.3) is 5.52 Å². The van der Waals surface area contributed by atoms with Crippen molar-refractivity contribution in [2.75, 3.05) is 20.7 Å². The summed E-state index contributed by atoms with van der Waals surface area (Å²) in [6, 6.07) is 6.93.